The van der Waals surface area contributed by atoms with Gasteiger partial charge in [-0.05, 0) is 34.9 Å². The summed E-state index contributed by atoms with van der Waals surface area (Å²) in [5.41, 5.74) is 1.36. The molecule has 0 N–H and O–H groups in total. The van der Waals surface area contributed by atoms with Gasteiger partial charge in [0.1, 0.15) is 10.8 Å². The second-order valence-electron chi connectivity index (χ2n) is 3.07. The van der Waals surface area contributed by atoms with Crippen LogP contribution in [0.5, 0.6) is 5.75 Å². The quantitative estimate of drug-likeness (QED) is 0.749. The molecule has 0 spiro atoms. The maximum Gasteiger partial charge on any atom is 0.138 e. The standard InChI is InChI=1S/C11H11ClOS/c1-3-7-6-14-11-8(7)4-5-9(13-2)10(11)12/h4-6H,3H2,1-2H3. The predicted molar refractivity (Wildman–Crippen MR) is 62.8 cm³/mol. The molecule has 2 rings (SSSR count). The van der Waals surface area contributed by atoms with Crippen molar-refractivity contribution in [3.8, 4) is 5.75 Å². The summed E-state index contributed by atoms with van der Waals surface area (Å²) < 4.78 is 6.30. The first-order chi connectivity index (χ1) is 6.77. The van der Waals surface area contributed by atoms with Crippen LogP contribution in [0.1, 0.15) is 12.5 Å². The van der Waals surface area contributed by atoms with E-state index in [0.29, 0.717) is 0 Å². The van der Waals surface area contributed by atoms with Gasteiger partial charge < -0.3 is 4.74 Å². The van der Waals surface area contributed by atoms with E-state index >= 15 is 0 Å². The number of rotatable bonds is 2. The summed E-state index contributed by atoms with van der Waals surface area (Å²) in [5, 5.41) is 4.15. The number of hydrogen-bond donors (Lipinski definition) is 0. The van der Waals surface area contributed by atoms with Crippen molar-refractivity contribution in [3.63, 3.8) is 0 Å². The van der Waals surface area contributed by atoms with Crippen LogP contribution in [0.2, 0.25) is 5.02 Å². The molecule has 0 amide bonds. The van der Waals surface area contributed by atoms with Crippen molar-refractivity contribution in [2.24, 2.45) is 0 Å². The first-order valence-electron chi connectivity index (χ1n) is 4.50. The topological polar surface area (TPSA) is 9.23 Å². The lowest BCUT2D eigenvalue weighted by molar-refractivity contribution is 0.415. The van der Waals surface area contributed by atoms with Crippen LogP contribution < -0.4 is 4.74 Å². The Morgan fingerprint density at radius 2 is 2.21 bits per heavy atom. The molecule has 1 nitrogen and oxygen atoms in total. The van der Waals surface area contributed by atoms with Crippen LogP contribution >= 0.6 is 22.9 Å². The Hall–Kier alpha value is -0.730. The molecule has 1 aromatic carbocycles. The molecule has 1 heterocycles. The molecule has 0 atom stereocenters. The summed E-state index contributed by atoms with van der Waals surface area (Å²) in [6.07, 6.45) is 1.04. The summed E-state index contributed by atoms with van der Waals surface area (Å²) in [7, 11) is 1.64. The minimum atomic E-state index is 0.731. The summed E-state index contributed by atoms with van der Waals surface area (Å²) >= 11 is 7.88. The fourth-order valence-corrected chi connectivity index (χ4v) is 2.99. The third kappa shape index (κ3) is 1.39. The molecular weight excluding hydrogens is 216 g/mol. The number of fused-ring (bicyclic) bond motifs is 1. The lowest BCUT2D eigenvalue weighted by Crippen LogP contribution is -1.83. The summed E-state index contributed by atoms with van der Waals surface area (Å²) in [4.78, 5) is 0. The molecule has 0 aliphatic heterocycles. The van der Waals surface area contributed by atoms with Crippen molar-refractivity contribution in [2.75, 3.05) is 7.11 Å². The number of halogens is 1. The highest BCUT2D eigenvalue weighted by molar-refractivity contribution is 7.18. The highest BCUT2D eigenvalue weighted by Crippen LogP contribution is 2.38. The van der Waals surface area contributed by atoms with Crippen molar-refractivity contribution >= 4 is 33.0 Å². The molecule has 0 fully saturated rings. The maximum absolute atomic E-state index is 6.20. The Labute approximate surface area is 92.3 Å². The first kappa shape index (κ1) is 9.81. The van der Waals surface area contributed by atoms with Crippen LogP contribution in [0.3, 0.4) is 0 Å². The summed E-state index contributed by atoms with van der Waals surface area (Å²) in [5.74, 6) is 0.753. The molecule has 0 unspecified atom stereocenters. The van der Waals surface area contributed by atoms with Gasteiger partial charge in [0.15, 0.2) is 0 Å². The van der Waals surface area contributed by atoms with Gasteiger partial charge in [0.05, 0.1) is 11.8 Å². The molecule has 0 saturated carbocycles. The Morgan fingerprint density at radius 3 is 2.86 bits per heavy atom. The number of ether oxygens (including phenoxy) is 1. The minimum absolute atomic E-state index is 0.731. The van der Waals surface area contributed by atoms with Gasteiger partial charge in [0.25, 0.3) is 0 Å². The molecule has 0 radical (unpaired) electrons. The molecule has 0 bridgehead atoms. The van der Waals surface area contributed by atoms with E-state index in [1.165, 1.54) is 10.9 Å². The van der Waals surface area contributed by atoms with Crippen LogP contribution in [-0.2, 0) is 6.42 Å². The van der Waals surface area contributed by atoms with Gasteiger partial charge in [-0.15, -0.1) is 11.3 Å². The van der Waals surface area contributed by atoms with Gasteiger partial charge in [0, 0.05) is 0 Å². The van der Waals surface area contributed by atoms with E-state index < -0.39 is 0 Å². The zero-order valence-corrected chi connectivity index (χ0v) is 9.71. The average Bonchev–Trinajstić information content (AvgIpc) is 2.62. The molecule has 3 heteroatoms. The van der Waals surface area contributed by atoms with E-state index in [-0.39, 0.29) is 0 Å². The van der Waals surface area contributed by atoms with Crippen molar-refractivity contribution in [3.05, 3.63) is 28.1 Å². The highest BCUT2D eigenvalue weighted by Gasteiger charge is 2.09. The molecule has 0 saturated heterocycles. The van der Waals surface area contributed by atoms with E-state index in [1.807, 2.05) is 6.07 Å². The summed E-state index contributed by atoms with van der Waals surface area (Å²) in [6.45, 7) is 2.15. The minimum Gasteiger partial charge on any atom is -0.495 e. The number of methoxy groups -OCH3 is 1. The largest absolute Gasteiger partial charge is 0.495 e. The van der Waals surface area contributed by atoms with Crippen LogP contribution in [0.25, 0.3) is 10.1 Å². The second kappa shape index (κ2) is 3.79. The average molecular weight is 227 g/mol. The van der Waals surface area contributed by atoms with Crippen molar-refractivity contribution in [2.45, 2.75) is 13.3 Å². The van der Waals surface area contributed by atoms with E-state index in [0.717, 1.165) is 21.9 Å². The van der Waals surface area contributed by atoms with Crippen LogP contribution in [-0.4, -0.2) is 7.11 Å². The van der Waals surface area contributed by atoms with Gasteiger partial charge in [0.2, 0.25) is 0 Å². The lowest BCUT2D eigenvalue weighted by atomic mass is 10.1. The van der Waals surface area contributed by atoms with Gasteiger partial charge in [-0.25, -0.2) is 0 Å². The van der Waals surface area contributed by atoms with E-state index in [1.54, 1.807) is 18.4 Å². The highest BCUT2D eigenvalue weighted by atomic mass is 35.5. The number of benzene rings is 1. The number of aryl methyl sites for hydroxylation is 1. The predicted octanol–water partition coefficient (Wildman–Crippen LogP) is 4.13. The molecule has 0 aliphatic rings. The molecule has 0 aliphatic carbocycles. The van der Waals surface area contributed by atoms with Gasteiger partial charge in [-0.2, -0.15) is 0 Å². The van der Waals surface area contributed by atoms with Crippen molar-refractivity contribution in [1.82, 2.24) is 0 Å². The fraction of sp³-hybridized carbons (Fsp3) is 0.273. The SMILES string of the molecule is CCc1csc2c(Cl)c(OC)ccc12. The van der Waals surface area contributed by atoms with E-state index in [4.69, 9.17) is 16.3 Å². The normalized spacial score (nSPS) is 10.8. The Morgan fingerprint density at radius 1 is 1.43 bits per heavy atom. The lowest BCUT2D eigenvalue weighted by Gasteiger charge is -2.03. The van der Waals surface area contributed by atoms with Crippen LogP contribution in [0, 0.1) is 0 Å². The van der Waals surface area contributed by atoms with Crippen LogP contribution in [0.4, 0.5) is 0 Å². The second-order valence-corrected chi connectivity index (χ2v) is 4.33. The third-order valence-electron chi connectivity index (χ3n) is 2.33. The molecule has 2 aromatic rings. The molecule has 74 valence electrons. The molecule has 14 heavy (non-hydrogen) atoms. The van der Waals surface area contributed by atoms with E-state index in [2.05, 4.69) is 18.4 Å². The smallest absolute Gasteiger partial charge is 0.138 e. The monoisotopic (exact) mass is 226 g/mol. The Balaban J connectivity index is 2.72. The first-order valence-corrected chi connectivity index (χ1v) is 5.76. The Kier molecular flexibility index (Phi) is 2.66. The zero-order valence-electron chi connectivity index (χ0n) is 8.13. The van der Waals surface area contributed by atoms with Crippen molar-refractivity contribution in [1.29, 1.82) is 0 Å². The van der Waals surface area contributed by atoms with Gasteiger partial charge in [-0.3, -0.25) is 0 Å². The van der Waals surface area contributed by atoms with Gasteiger partial charge in [-0.1, -0.05) is 18.5 Å². The Bertz CT molecular complexity index is 462. The maximum atomic E-state index is 6.20. The molecular formula is C11H11ClOS. The van der Waals surface area contributed by atoms with Crippen LogP contribution in [0.15, 0.2) is 17.5 Å². The number of hydrogen-bond acceptors (Lipinski definition) is 2. The van der Waals surface area contributed by atoms with E-state index in [9.17, 15) is 0 Å². The third-order valence-corrected chi connectivity index (χ3v) is 3.88. The fourth-order valence-electron chi connectivity index (χ4n) is 1.53. The number of thiophene rings is 1. The zero-order chi connectivity index (χ0) is 10.1. The van der Waals surface area contributed by atoms with Gasteiger partial charge >= 0.3 is 0 Å². The molecule has 1 aromatic heterocycles. The van der Waals surface area contributed by atoms with Crippen molar-refractivity contribution < 1.29 is 4.74 Å². The summed E-state index contributed by atoms with van der Waals surface area (Å²) in [6, 6.07) is 4.01.